The maximum Gasteiger partial charge on any atom is 0.263 e. The summed E-state index contributed by atoms with van der Waals surface area (Å²) in [6, 6.07) is 1.97. The number of rotatable bonds is 6. The molecule has 0 fully saturated rings. The Hall–Kier alpha value is -0.870. The van der Waals surface area contributed by atoms with Crippen molar-refractivity contribution in [2.24, 2.45) is 0 Å². The summed E-state index contributed by atoms with van der Waals surface area (Å²) in [7, 11) is 1.83. The van der Waals surface area contributed by atoms with Crippen LogP contribution in [-0.4, -0.2) is 36.1 Å². The van der Waals surface area contributed by atoms with E-state index in [1.54, 1.807) is 4.90 Å². The Balaban J connectivity index is 2.40. The van der Waals surface area contributed by atoms with Crippen LogP contribution in [-0.2, 0) is 0 Å². The van der Waals surface area contributed by atoms with Gasteiger partial charge in [-0.05, 0) is 43.2 Å². The Labute approximate surface area is 101 Å². The fraction of sp³-hybridized carbons (Fsp3) is 0.583. The van der Waals surface area contributed by atoms with E-state index in [0.717, 1.165) is 36.2 Å². The zero-order chi connectivity index (χ0) is 12.0. The van der Waals surface area contributed by atoms with Crippen molar-refractivity contribution in [1.82, 2.24) is 4.90 Å². The monoisotopic (exact) mass is 241 g/mol. The summed E-state index contributed by atoms with van der Waals surface area (Å²) in [6.45, 7) is 2.96. The Morgan fingerprint density at radius 3 is 2.75 bits per heavy atom. The summed E-state index contributed by atoms with van der Waals surface area (Å²) in [5.41, 5.74) is 1.05. The van der Waals surface area contributed by atoms with Crippen LogP contribution in [0.25, 0.3) is 0 Å². The van der Waals surface area contributed by atoms with Gasteiger partial charge in [0.1, 0.15) is 0 Å². The number of carbonyl (C=O) groups is 1. The van der Waals surface area contributed by atoms with Crippen molar-refractivity contribution in [3.63, 3.8) is 0 Å². The summed E-state index contributed by atoms with van der Waals surface area (Å²) in [5, 5.41) is 10.6. The van der Waals surface area contributed by atoms with Gasteiger partial charge < -0.3 is 10.0 Å². The lowest BCUT2D eigenvalue weighted by Crippen LogP contribution is -2.27. The molecule has 1 rings (SSSR count). The van der Waals surface area contributed by atoms with E-state index < -0.39 is 0 Å². The maximum atomic E-state index is 12.0. The third kappa shape index (κ3) is 3.61. The minimum atomic E-state index is 0.108. The topological polar surface area (TPSA) is 40.5 Å². The van der Waals surface area contributed by atoms with Crippen LogP contribution in [0.1, 0.15) is 34.5 Å². The number of hydrogen-bond donors (Lipinski definition) is 1. The standard InChI is InChI=1S/C12H19NO2S/c1-10-6-9-16-11(10)12(15)13(2)7-4-3-5-8-14/h6,9,14H,3-5,7-8H2,1-2H3. The number of hydrogen-bond acceptors (Lipinski definition) is 3. The average molecular weight is 241 g/mol. The molecule has 0 saturated carbocycles. The van der Waals surface area contributed by atoms with E-state index in [2.05, 4.69) is 0 Å². The van der Waals surface area contributed by atoms with Gasteiger partial charge in [-0.1, -0.05) is 0 Å². The molecule has 3 nitrogen and oxygen atoms in total. The molecule has 0 aromatic carbocycles. The third-order valence-electron chi connectivity index (χ3n) is 2.55. The quantitative estimate of drug-likeness (QED) is 0.776. The number of nitrogens with zero attached hydrogens (tertiary/aromatic N) is 1. The van der Waals surface area contributed by atoms with E-state index in [1.165, 1.54) is 11.3 Å². The fourth-order valence-electron chi connectivity index (χ4n) is 1.50. The number of carbonyl (C=O) groups excluding carboxylic acids is 1. The molecule has 0 aliphatic heterocycles. The summed E-state index contributed by atoms with van der Waals surface area (Å²) in [5.74, 6) is 0.108. The highest BCUT2D eigenvalue weighted by atomic mass is 32.1. The molecule has 0 atom stereocenters. The number of aliphatic hydroxyl groups excluding tert-OH is 1. The van der Waals surface area contributed by atoms with E-state index >= 15 is 0 Å². The zero-order valence-corrected chi connectivity index (χ0v) is 10.7. The first-order valence-electron chi connectivity index (χ1n) is 5.57. The second kappa shape index (κ2) is 6.66. The molecule has 0 spiro atoms. The van der Waals surface area contributed by atoms with Gasteiger partial charge >= 0.3 is 0 Å². The number of aliphatic hydroxyl groups is 1. The molecule has 0 bridgehead atoms. The van der Waals surface area contributed by atoms with Gasteiger partial charge in [0.2, 0.25) is 0 Å². The van der Waals surface area contributed by atoms with Crippen LogP contribution in [0.2, 0.25) is 0 Å². The molecule has 16 heavy (non-hydrogen) atoms. The third-order valence-corrected chi connectivity index (χ3v) is 3.56. The second-order valence-electron chi connectivity index (χ2n) is 3.94. The normalized spacial score (nSPS) is 10.4. The highest BCUT2D eigenvalue weighted by Gasteiger charge is 2.14. The molecule has 1 aromatic rings. The molecule has 0 aliphatic rings. The molecule has 0 aliphatic carbocycles. The van der Waals surface area contributed by atoms with Crippen molar-refractivity contribution in [3.05, 3.63) is 21.9 Å². The van der Waals surface area contributed by atoms with Crippen molar-refractivity contribution in [2.75, 3.05) is 20.2 Å². The van der Waals surface area contributed by atoms with Crippen molar-refractivity contribution in [3.8, 4) is 0 Å². The van der Waals surface area contributed by atoms with Gasteiger partial charge in [-0.2, -0.15) is 0 Å². The van der Waals surface area contributed by atoms with E-state index in [9.17, 15) is 4.79 Å². The number of aryl methyl sites for hydroxylation is 1. The van der Waals surface area contributed by atoms with E-state index in [4.69, 9.17) is 5.11 Å². The minimum absolute atomic E-state index is 0.108. The van der Waals surface area contributed by atoms with Crippen LogP contribution in [0.3, 0.4) is 0 Å². The Morgan fingerprint density at radius 2 is 2.19 bits per heavy atom. The SMILES string of the molecule is Cc1ccsc1C(=O)N(C)CCCCCO. The smallest absolute Gasteiger partial charge is 0.263 e. The number of amides is 1. The Kier molecular flexibility index (Phi) is 5.49. The van der Waals surface area contributed by atoms with Crippen molar-refractivity contribution < 1.29 is 9.90 Å². The van der Waals surface area contributed by atoms with Gasteiger partial charge in [-0.3, -0.25) is 4.79 Å². The van der Waals surface area contributed by atoms with Crippen LogP contribution >= 0.6 is 11.3 Å². The first-order chi connectivity index (χ1) is 7.66. The predicted octanol–water partition coefficient (Wildman–Crippen LogP) is 2.29. The highest BCUT2D eigenvalue weighted by Crippen LogP contribution is 2.17. The lowest BCUT2D eigenvalue weighted by Gasteiger charge is -2.16. The molecule has 0 radical (unpaired) electrons. The number of thiophene rings is 1. The van der Waals surface area contributed by atoms with Crippen molar-refractivity contribution in [2.45, 2.75) is 26.2 Å². The van der Waals surface area contributed by atoms with Crippen LogP contribution in [0, 0.1) is 6.92 Å². The molecular weight excluding hydrogens is 222 g/mol. The lowest BCUT2D eigenvalue weighted by molar-refractivity contribution is 0.0796. The maximum absolute atomic E-state index is 12.0. The first-order valence-corrected chi connectivity index (χ1v) is 6.45. The van der Waals surface area contributed by atoms with Gasteiger partial charge in [-0.15, -0.1) is 11.3 Å². The highest BCUT2D eigenvalue weighted by molar-refractivity contribution is 7.12. The van der Waals surface area contributed by atoms with Gasteiger partial charge in [0, 0.05) is 20.2 Å². The van der Waals surface area contributed by atoms with Gasteiger partial charge in [-0.25, -0.2) is 0 Å². The minimum Gasteiger partial charge on any atom is -0.396 e. The summed E-state index contributed by atoms with van der Waals surface area (Å²) < 4.78 is 0. The largest absolute Gasteiger partial charge is 0.396 e. The molecule has 0 unspecified atom stereocenters. The second-order valence-corrected chi connectivity index (χ2v) is 4.86. The fourth-order valence-corrected chi connectivity index (χ4v) is 2.42. The molecule has 0 saturated heterocycles. The summed E-state index contributed by atoms with van der Waals surface area (Å²) in [6.07, 6.45) is 2.74. The Bertz CT molecular complexity index is 336. The van der Waals surface area contributed by atoms with Crippen LogP contribution in [0.15, 0.2) is 11.4 Å². The van der Waals surface area contributed by atoms with Crippen molar-refractivity contribution >= 4 is 17.2 Å². The molecule has 1 N–H and O–H groups in total. The lowest BCUT2D eigenvalue weighted by atomic mass is 10.2. The van der Waals surface area contributed by atoms with E-state index in [1.807, 2.05) is 25.4 Å². The van der Waals surface area contributed by atoms with Crippen LogP contribution in [0.4, 0.5) is 0 Å². The Morgan fingerprint density at radius 1 is 1.44 bits per heavy atom. The summed E-state index contributed by atoms with van der Waals surface area (Å²) >= 11 is 1.50. The van der Waals surface area contributed by atoms with Crippen LogP contribution < -0.4 is 0 Å². The number of unbranched alkanes of at least 4 members (excludes halogenated alkanes) is 2. The van der Waals surface area contributed by atoms with E-state index in [-0.39, 0.29) is 12.5 Å². The zero-order valence-electron chi connectivity index (χ0n) is 9.90. The molecular formula is C12H19NO2S. The van der Waals surface area contributed by atoms with E-state index in [0.29, 0.717) is 0 Å². The molecule has 1 aromatic heterocycles. The average Bonchev–Trinajstić information content (AvgIpc) is 2.69. The molecule has 4 heteroatoms. The molecule has 90 valence electrons. The van der Waals surface area contributed by atoms with Gasteiger partial charge in [0.05, 0.1) is 4.88 Å². The first kappa shape index (κ1) is 13.2. The van der Waals surface area contributed by atoms with Crippen LogP contribution in [0.5, 0.6) is 0 Å². The van der Waals surface area contributed by atoms with Crippen molar-refractivity contribution in [1.29, 1.82) is 0 Å². The van der Waals surface area contributed by atoms with Gasteiger partial charge in [0.25, 0.3) is 5.91 Å². The van der Waals surface area contributed by atoms with Gasteiger partial charge in [0.15, 0.2) is 0 Å². The summed E-state index contributed by atoms with van der Waals surface area (Å²) in [4.78, 5) is 14.6. The molecule has 1 amide bonds. The predicted molar refractivity (Wildman–Crippen MR) is 67.0 cm³/mol. The molecule has 1 heterocycles.